The van der Waals surface area contributed by atoms with Gasteiger partial charge in [0.25, 0.3) is 5.91 Å². The van der Waals surface area contributed by atoms with Crippen molar-refractivity contribution >= 4 is 17.2 Å². The number of carbonyl (C=O) groups excluding carboxylic acids is 1. The Bertz CT molecular complexity index is 1200. The monoisotopic (exact) mass is 521 g/mol. The van der Waals surface area contributed by atoms with Gasteiger partial charge in [-0.2, -0.15) is 18.3 Å². The summed E-state index contributed by atoms with van der Waals surface area (Å²) in [5.74, 6) is 0.0775. The number of hydrogen-bond donors (Lipinski definition) is 1. The molecule has 0 radical (unpaired) electrons. The van der Waals surface area contributed by atoms with Crippen LogP contribution in [0.4, 0.5) is 13.2 Å². The number of morpholine rings is 1. The second-order valence-electron chi connectivity index (χ2n) is 8.58. The van der Waals surface area contributed by atoms with E-state index in [0.29, 0.717) is 31.1 Å². The smallest absolute Gasteiger partial charge is 0.435 e. The van der Waals surface area contributed by atoms with Crippen molar-refractivity contribution in [2.45, 2.75) is 32.1 Å². The Morgan fingerprint density at radius 3 is 2.75 bits per heavy atom. The van der Waals surface area contributed by atoms with E-state index < -0.39 is 23.8 Å². The van der Waals surface area contributed by atoms with Gasteiger partial charge in [-0.1, -0.05) is 0 Å². The van der Waals surface area contributed by atoms with Crippen LogP contribution in [0, 0.1) is 6.92 Å². The minimum Gasteiger partial charge on any atom is -0.492 e. The molecule has 1 saturated heterocycles. The fourth-order valence-corrected chi connectivity index (χ4v) is 4.36. The fraction of sp³-hybridized carbons (Fsp3) is 0.417. The second-order valence-corrected chi connectivity index (χ2v) is 9.81. The Labute approximate surface area is 210 Å². The van der Waals surface area contributed by atoms with Crippen LogP contribution in [-0.2, 0) is 10.9 Å². The maximum atomic E-state index is 13.1. The van der Waals surface area contributed by atoms with Gasteiger partial charge in [0.1, 0.15) is 17.4 Å². The van der Waals surface area contributed by atoms with Gasteiger partial charge in [0.15, 0.2) is 5.69 Å². The van der Waals surface area contributed by atoms with Gasteiger partial charge >= 0.3 is 6.18 Å². The van der Waals surface area contributed by atoms with Crippen LogP contribution in [0.15, 0.2) is 36.5 Å². The van der Waals surface area contributed by atoms with Gasteiger partial charge in [0.05, 0.1) is 31.0 Å². The molecule has 8 nitrogen and oxygen atoms in total. The van der Waals surface area contributed by atoms with Gasteiger partial charge in [-0.3, -0.25) is 9.69 Å². The van der Waals surface area contributed by atoms with E-state index in [0.717, 1.165) is 28.1 Å². The zero-order valence-electron chi connectivity index (χ0n) is 20.0. The van der Waals surface area contributed by atoms with Crippen molar-refractivity contribution in [3.63, 3.8) is 0 Å². The molecule has 1 aromatic carbocycles. The number of ether oxygens (including phenoxy) is 2. The Morgan fingerprint density at radius 2 is 2.11 bits per heavy atom. The van der Waals surface area contributed by atoms with Gasteiger partial charge in [0, 0.05) is 28.7 Å². The third-order valence-corrected chi connectivity index (χ3v) is 6.73. The number of rotatable bonds is 7. The molecule has 3 heterocycles. The maximum Gasteiger partial charge on any atom is 0.435 e. The molecule has 12 heteroatoms. The first-order valence-electron chi connectivity index (χ1n) is 11.3. The van der Waals surface area contributed by atoms with E-state index in [2.05, 4.69) is 25.4 Å². The number of amides is 1. The third-order valence-electron chi connectivity index (χ3n) is 5.77. The van der Waals surface area contributed by atoms with E-state index >= 15 is 0 Å². The molecular weight excluding hydrogens is 495 g/mol. The summed E-state index contributed by atoms with van der Waals surface area (Å²) in [6.07, 6.45) is -2.82. The van der Waals surface area contributed by atoms with Gasteiger partial charge in [-0.15, -0.1) is 16.4 Å². The standard InChI is InChI=1S/C24H26F3N5O3S/c1-14-11-28-23(36-14)17-8-16(9-19(10-17)35-13-18-12-34-7-6-32(18)3)22(33)29-15(2)20-4-5-21(31-30-20)24(25,26)27/h4-5,8-11,15,18H,6-7,12-13H2,1-3H3,(H,29,33)/t15?,18-/m0/s1. The molecule has 2 aromatic heterocycles. The summed E-state index contributed by atoms with van der Waals surface area (Å²) in [6, 6.07) is 6.63. The lowest BCUT2D eigenvalue weighted by Crippen LogP contribution is -2.46. The molecule has 0 aliphatic carbocycles. The first-order valence-corrected chi connectivity index (χ1v) is 12.1. The molecule has 1 unspecified atom stereocenters. The summed E-state index contributed by atoms with van der Waals surface area (Å²) < 4.78 is 49.9. The lowest BCUT2D eigenvalue weighted by Gasteiger charge is -2.32. The Kier molecular flexibility index (Phi) is 7.86. The van der Waals surface area contributed by atoms with Crippen molar-refractivity contribution in [2.24, 2.45) is 0 Å². The van der Waals surface area contributed by atoms with E-state index in [1.165, 1.54) is 17.4 Å². The van der Waals surface area contributed by atoms with Crippen LogP contribution < -0.4 is 10.1 Å². The Balaban J connectivity index is 1.53. The number of nitrogens with one attached hydrogen (secondary N) is 1. The average molecular weight is 522 g/mol. The third kappa shape index (κ3) is 6.37. The van der Waals surface area contributed by atoms with Crippen LogP contribution in [-0.4, -0.2) is 65.4 Å². The second kappa shape index (κ2) is 10.9. The number of likely N-dealkylation sites (N-methyl/N-ethyl adjacent to an activating group) is 1. The van der Waals surface area contributed by atoms with Crippen molar-refractivity contribution < 1.29 is 27.4 Å². The molecule has 4 rings (SSSR count). The molecule has 1 aliphatic rings. The Morgan fingerprint density at radius 1 is 1.31 bits per heavy atom. The predicted octanol–water partition coefficient (Wildman–Crippen LogP) is 4.13. The zero-order chi connectivity index (χ0) is 25.9. The first-order chi connectivity index (χ1) is 17.1. The molecular formula is C24H26F3N5O3S. The molecule has 192 valence electrons. The molecule has 36 heavy (non-hydrogen) atoms. The number of hydrogen-bond acceptors (Lipinski definition) is 8. The highest BCUT2D eigenvalue weighted by Gasteiger charge is 2.33. The minimum atomic E-state index is -4.58. The number of carbonyl (C=O) groups is 1. The highest BCUT2D eigenvalue weighted by Crippen LogP contribution is 2.30. The molecule has 1 fully saturated rings. The number of aromatic nitrogens is 3. The normalized spacial score (nSPS) is 17.6. The quantitative estimate of drug-likeness (QED) is 0.500. The highest BCUT2D eigenvalue weighted by molar-refractivity contribution is 7.14. The van der Waals surface area contributed by atoms with Crippen LogP contribution in [0.1, 0.15) is 39.6 Å². The van der Waals surface area contributed by atoms with Gasteiger partial charge in [-0.05, 0) is 51.2 Å². The van der Waals surface area contributed by atoms with Crippen molar-refractivity contribution in [3.05, 3.63) is 58.4 Å². The summed E-state index contributed by atoms with van der Waals surface area (Å²) in [6.45, 7) is 6.00. The van der Waals surface area contributed by atoms with Gasteiger partial charge < -0.3 is 14.8 Å². The molecule has 3 aromatic rings. The van der Waals surface area contributed by atoms with Crippen molar-refractivity contribution in [1.29, 1.82) is 0 Å². The lowest BCUT2D eigenvalue weighted by atomic mass is 10.1. The number of nitrogens with zero attached hydrogens (tertiary/aromatic N) is 4. The summed E-state index contributed by atoms with van der Waals surface area (Å²) in [5.41, 5.74) is 0.174. The molecule has 0 saturated carbocycles. The summed E-state index contributed by atoms with van der Waals surface area (Å²) >= 11 is 1.49. The number of alkyl halides is 3. The number of thiazole rings is 1. The van der Waals surface area contributed by atoms with E-state index in [-0.39, 0.29) is 11.7 Å². The van der Waals surface area contributed by atoms with Gasteiger partial charge in [-0.25, -0.2) is 4.98 Å². The van der Waals surface area contributed by atoms with Crippen molar-refractivity contribution in [2.75, 3.05) is 33.4 Å². The van der Waals surface area contributed by atoms with Crippen molar-refractivity contribution in [3.8, 4) is 16.3 Å². The largest absolute Gasteiger partial charge is 0.492 e. The topological polar surface area (TPSA) is 89.5 Å². The van der Waals surface area contributed by atoms with Crippen LogP contribution in [0.5, 0.6) is 5.75 Å². The molecule has 1 amide bonds. The molecule has 1 aliphatic heterocycles. The summed E-state index contributed by atoms with van der Waals surface area (Å²) in [7, 11) is 2.01. The molecule has 2 atom stereocenters. The van der Waals surface area contributed by atoms with Crippen LogP contribution >= 0.6 is 11.3 Å². The highest BCUT2D eigenvalue weighted by atomic mass is 32.1. The molecule has 0 spiro atoms. The van der Waals surface area contributed by atoms with Crippen LogP contribution in [0.3, 0.4) is 0 Å². The molecule has 0 bridgehead atoms. The fourth-order valence-electron chi connectivity index (χ4n) is 3.61. The summed E-state index contributed by atoms with van der Waals surface area (Å²) in [5, 5.41) is 10.4. The van der Waals surface area contributed by atoms with E-state index in [9.17, 15) is 18.0 Å². The lowest BCUT2D eigenvalue weighted by molar-refractivity contribution is -0.141. The average Bonchev–Trinajstić information content (AvgIpc) is 3.29. The maximum absolute atomic E-state index is 13.1. The van der Waals surface area contributed by atoms with Crippen LogP contribution in [0.2, 0.25) is 0 Å². The number of aryl methyl sites for hydroxylation is 1. The number of benzene rings is 1. The Hall–Kier alpha value is -3.09. The van der Waals surface area contributed by atoms with Gasteiger partial charge in [0.2, 0.25) is 0 Å². The zero-order valence-corrected chi connectivity index (χ0v) is 20.8. The van der Waals surface area contributed by atoms with E-state index in [1.54, 1.807) is 25.3 Å². The summed E-state index contributed by atoms with van der Waals surface area (Å²) in [4.78, 5) is 20.7. The minimum absolute atomic E-state index is 0.0834. The van der Waals surface area contributed by atoms with E-state index in [1.807, 2.05) is 20.0 Å². The molecule has 1 N–H and O–H groups in total. The van der Waals surface area contributed by atoms with Crippen molar-refractivity contribution in [1.82, 2.24) is 25.4 Å². The van der Waals surface area contributed by atoms with E-state index in [4.69, 9.17) is 9.47 Å². The number of halogens is 3. The van der Waals surface area contributed by atoms with Crippen LogP contribution in [0.25, 0.3) is 10.6 Å². The predicted molar refractivity (Wildman–Crippen MR) is 128 cm³/mol. The SMILES string of the molecule is Cc1cnc(-c2cc(OC[C@@H]3COCCN3C)cc(C(=O)NC(C)c3ccc(C(F)(F)F)nn3)c2)s1. The first kappa shape index (κ1) is 26.0.